The van der Waals surface area contributed by atoms with E-state index in [2.05, 4.69) is 52.1 Å². The number of rotatable bonds is 4. The van der Waals surface area contributed by atoms with Crippen LogP contribution < -0.4 is 5.32 Å². The molecule has 0 aliphatic rings. The van der Waals surface area contributed by atoms with Crippen molar-refractivity contribution in [3.63, 3.8) is 0 Å². The number of carbonyl (C=O) groups is 1. The first-order valence-electron chi connectivity index (χ1n) is 5.38. The van der Waals surface area contributed by atoms with Gasteiger partial charge in [-0.1, -0.05) is 0 Å². The molecule has 0 aromatic carbocycles. The third-order valence-electron chi connectivity index (χ3n) is 2.59. The van der Waals surface area contributed by atoms with E-state index in [1.807, 2.05) is 6.92 Å². The molecule has 2 aromatic heterocycles. The van der Waals surface area contributed by atoms with E-state index in [4.69, 9.17) is 0 Å². The molecule has 0 bridgehead atoms. The van der Waals surface area contributed by atoms with Crippen LogP contribution in [0.5, 0.6) is 0 Å². The first-order valence-corrected chi connectivity index (χ1v) is 6.97. The van der Waals surface area contributed by atoms with Gasteiger partial charge >= 0.3 is 0 Å². The lowest BCUT2D eigenvalue weighted by atomic mass is 10.2. The maximum Gasteiger partial charge on any atom is 0.268 e. The second-order valence-corrected chi connectivity index (χ2v) is 5.42. The molecule has 96 valence electrons. The van der Waals surface area contributed by atoms with Gasteiger partial charge in [0, 0.05) is 24.9 Å². The van der Waals surface area contributed by atoms with E-state index in [-0.39, 0.29) is 5.91 Å². The van der Waals surface area contributed by atoms with Crippen LogP contribution in [-0.4, -0.2) is 27.4 Å². The molecule has 1 amide bonds. The fourth-order valence-electron chi connectivity index (χ4n) is 1.58. The molecule has 3 N–H and O–H groups in total. The molecule has 18 heavy (non-hydrogen) atoms. The quantitative estimate of drug-likeness (QED) is 0.768. The van der Waals surface area contributed by atoms with Crippen LogP contribution >= 0.6 is 31.9 Å². The molecule has 0 atom stereocenters. The highest BCUT2D eigenvalue weighted by Crippen LogP contribution is 2.28. The summed E-state index contributed by atoms with van der Waals surface area (Å²) in [7, 11) is 0. The van der Waals surface area contributed by atoms with Gasteiger partial charge in [-0.25, -0.2) is 4.98 Å². The fraction of sp³-hybridized carbons (Fsp3) is 0.273. The number of aromatic amines is 2. The van der Waals surface area contributed by atoms with Crippen LogP contribution in [0.1, 0.15) is 21.7 Å². The molecule has 5 nitrogen and oxygen atoms in total. The number of halogens is 2. The Labute approximate surface area is 121 Å². The van der Waals surface area contributed by atoms with Crippen molar-refractivity contribution in [2.75, 3.05) is 6.54 Å². The second kappa shape index (κ2) is 5.71. The predicted octanol–water partition coefficient (Wildman–Crippen LogP) is 2.54. The van der Waals surface area contributed by atoms with Crippen LogP contribution in [0.3, 0.4) is 0 Å². The lowest BCUT2D eigenvalue weighted by Gasteiger charge is -2.03. The summed E-state index contributed by atoms with van der Waals surface area (Å²) in [6, 6.07) is 0. The van der Waals surface area contributed by atoms with Crippen LogP contribution in [-0.2, 0) is 6.42 Å². The maximum absolute atomic E-state index is 11.9. The number of hydrogen-bond acceptors (Lipinski definition) is 2. The average molecular weight is 376 g/mol. The van der Waals surface area contributed by atoms with Crippen molar-refractivity contribution in [3.05, 3.63) is 38.6 Å². The van der Waals surface area contributed by atoms with Crippen LogP contribution in [0.4, 0.5) is 0 Å². The van der Waals surface area contributed by atoms with E-state index in [0.717, 1.165) is 26.8 Å². The average Bonchev–Trinajstić information content (AvgIpc) is 2.94. The zero-order valence-electron chi connectivity index (χ0n) is 9.68. The fourth-order valence-corrected chi connectivity index (χ4v) is 2.37. The number of H-pyrrole nitrogens is 2. The van der Waals surface area contributed by atoms with Gasteiger partial charge in [-0.2, -0.15) is 0 Å². The van der Waals surface area contributed by atoms with Gasteiger partial charge in [0.15, 0.2) is 0 Å². The summed E-state index contributed by atoms with van der Waals surface area (Å²) >= 11 is 6.74. The normalized spacial score (nSPS) is 10.6. The first kappa shape index (κ1) is 13.4. The van der Waals surface area contributed by atoms with Gasteiger partial charge in [0.05, 0.1) is 15.4 Å². The Morgan fingerprint density at radius 1 is 1.50 bits per heavy atom. The summed E-state index contributed by atoms with van der Waals surface area (Å²) in [5.74, 6) is -0.113. The number of imidazole rings is 1. The smallest absolute Gasteiger partial charge is 0.268 e. The van der Waals surface area contributed by atoms with E-state index >= 15 is 0 Å². The number of hydrogen-bond donors (Lipinski definition) is 3. The summed E-state index contributed by atoms with van der Waals surface area (Å²) in [6.07, 6.45) is 4.10. The minimum absolute atomic E-state index is 0.113. The van der Waals surface area contributed by atoms with E-state index < -0.39 is 0 Å². The van der Waals surface area contributed by atoms with E-state index in [1.165, 1.54) is 0 Å². The maximum atomic E-state index is 11.9. The highest BCUT2D eigenvalue weighted by Gasteiger charge is 2.16. The zero-order chi connectivity index (χ0) is 13.1. The topological polar surface area (TPSA) is 73.6 Å². The number of nitrogens with one attached hydrogen (secondary N) is 3. The van der Waals surface area contributed by atoms with Gasteiger partial charge in [0.25, 0.3) is 5.91 Å². The second-order valence-electron chi connectivity index (χ2n) is 3.84. The molecule has 0 radical (unpaired) electrons. The van der Waals surface area contributed by atoms with Crippen molar-refractivity contribution >= 4 is 37.8 Å². The van der Waals surface area contributed by atoms with Crippen LogP contribution in [0.25, 0.3) is 0 Å². The monoisotopic (exact) mass is 374 g/mol. The Hall–Kier alpha value is -1.08. The third-order valence-corrected chi connectivity index (χ3v) is 4.71. The summed E-state index contributed by atoms with van der Waals surface area (Å²) in [5, 5.41) is 2.86. The molecule has 2 rings (SSSR count). The van der Waals surface area contributed by atoms with Gasteiger partial charge in [0.1, 0.15) is 5.69 Å². The van der Waals surface area contributed by atoms with Crippen LogP contribution in [0.15, 0.2) is 21.6 Å². The minimum atomic E-state index is -0.113. The molecule has 0 fully saturated rings. The van der Waals surface area contributed by atoms with E-state index in [9.17, 15) is 4.79 Å². The van der Waals surface area contributed by atoms with Crippen molar-refractivity contribution < 1.29 is 4.79 Å². The van der Waals surface area contributed by atoms with Crippen molar-refractivity contribution in [3.8, 4) is 0 Å². The highest BCUT2D eigenvalue weighted by molar-refractivity contribution is 9.13. The SMILES string of the molecule is Cc1c(C(=O)NCCc2cnc[nH]2)[nH]c(Br)c1Br. The number of nitrogens with zero attached hydrogens (tertiary/aromatic N) is 1. The van der Waals surface area contributed by atoms with Crippen molar-refractivity contribution in [2.24, 2.45) is 0 Å². The molecule has 0 aliphatic carbocycles. The number of aromatic nitrogens is 3. The Bertz CT molecular complexity index is 548. The summed E-state index contributed by atoms with van der Waals surface area (Å²) in [5.41, 5.74) is 2.46. The van der Waals surface area contributed by atoms with E-state index in [0.29, 0.717) is 12.2 Å². The highest BCUT2D eigenvalue weighted by atomic mass is 79.9. The molecule has 7 heteroatoms. The van der Waals surface area contributed by atoms with E-state index in [1.54, 1.807) is 12.5 Å². The van der Waals surface area contributed by atoms with Gasteiger partial charge < -0.3 is 15.3 Å². The molecular weight excluding hydrogens is 364 g/mol. The molecule has 0 spiro atoms. The molecule has 0 aliphatic heterocycles. The largest absolute Gasteiger partial charge is 0.350 e. The Balaban J connectivity index is 1.93. The summed E-state index contributed by atoms with van der Waals surface area (Å²) < 4.78 is 1.65. The van der Waals surface area contributed by atoms with Gasteiger partial charge in [-0.05, 0) is 44.3 Å². The van der Waals surface area contributed by atoms with Crippen molar-refractivity contribution in [1.82, 2.24) is 20.3 Å². The first-order chi connectivity index (χ1) is 8.59. The number of carbonyl (C=O) groups excluding carboxylic acids is 1. The Morgan fingerprint density at radius 3 is 2.83 bits per heavy atom. The van der Waals surface area contributed by atoms with Crippen LogP contribution in [0, 0.1) is 6.92 Å². The molecule has 0 unspecified atom stereocenters. The van der Waals surface area contributed by atoms with Gasteiger partial charge in [-0.15, -0.1) is 0 Å². The summed E-state index contributed by atoms with van der Waals surface area (Å²) in [4.78, 5) is 21.9. The standard InChI is InChI=1S/C11H12Br2N4O/c1-6-8(12)10(13)17-9(6)11(18)15-3-2-7-4-14-5-16-7/h4-5,17H,2-3H2,1H3,(H,14,16)(H,15,18). The van der Waals surface area contributed by atoms with Gasteiger partial charge in [-0.3, -0.25) is 4.79 Å². The predicted molar refractivity (Wildman–Crippen MR) is 75.6 cm³/mol. The Kier molecular flexibility index (Phi) is 4.23. The zero-order valence-corrected chi connectivity index (χ0v) is 12.9. The third kappa shape index (κ3) is 2.84. The number of amides is 1. The van der Waals surface area contributed by atoms with Crippen LogP contribution in [0.2, 0.25) is 0 Å². The lowest BCUT2D eigenvalue weighted by molar-refractivity contribution is 0.0949. The molecule has 2 heterocycles. The van der Waals surface area contributed by atoms with Crippen molar-refractivity contribution in [1.29, 1.82) is 0 Å². The molecular formula is C11H12Br2N4O. The Morgan fingerprint density at radius 2 is 2.28 bits per heavy atom. The molecule has 0 saturated carbocycles. The summed E-state index contributed by atoms with van der Waals surface area (Å²) in [6.45, 7) is 2.45. The minimum Gasteiger partial charge on any atom is -0.350 e. The van der Waals surface area contributed by atoms with Gasteiger partial charge in [0.2, 0.25) is 0 Å². The molecule has 0 saturated heterocycles. The lowest BCUT2D eigenvalue weighted by Crippen LogP contribution is -2.26. The van der Waals surface area contributed by atoms with Crippen molar-refractivity contribution in [2.45, 2.75) is 13.3 Å². The molecule has 2 aromatic rings.